The minimum absolute atomic E-state index is 0.00488. The Morgan fingerprint density at radius 1 is 1.25 bits per heavy atom. The molecule has 0 atom stereocenters. The number of hydrogen-bond donors (Lipinski definition) is 1. The van der Waals surface area contributed by atoms with Crippen molar-refractivity contribution in [2.24, 2.45) is 0 Å². The summed E-state index contributed by atoms with van der Waals surface area (Å²) in [6.07, 6.45) is -4.35. The van der Waals surface area contributed by atoms with E-state index in [2.05, 4.69) is 5.32 Å². The van der Waals surface area contributed by atoms with E-state index in [0.29, 0.717) is 12.1 Å². The molecule has 0 aromatic heterocycles. The predicted molar refractivity (Wildman–Crippen MR) is 68.8 cm³/mol. The first-order chi connectivity index (χ1) is 9.15. The summed E-state index contributed by atoms with van der Waals surface area (Å²) in [4.78, 5) is 0. The van der Waals surface area contributed by atoms with Crippen molar-refractivity contribution in [2.75, 3.05) is 23.4 Å². The summed E-state index contributed by atoms with van der Waals surface area (Å²) in [6.45, 7) is 1.59. The van der Waals surface area contributed by atoms with Crippen LogP contribution >= 0.6 is 0 Å². The molecule has 8 heteroatoms. The van der Waals surface area contributed by atoms with Gasteiger partial charge in [-0.2, -0.15) is 13.2 Å². The molecular weight excluding hydrogens is 298 g/mol. The molecule has 1 rings (SSSR count). The minimum atomic E-state index is -4.55. The van der Waals surface area contributed by atoms with E-state index in [1.165, 1.54) is 6.92 Å². The molecule has 0 fully saturated rings. The van der Waals surface area contributed by atoms with Gasteiger partial charge in [-0.1, -0.05) is 6.92 Å². The number of benzene rings is 1. The van der Waals surface area contributed by atoms with Crippen LogP contribution in [0.25, 0.3) is 0 Å². The molecule has 3 nitrogen and oxygen atoms in total. The van der Waals surface area contributed by atoms with Gasteiger partial charge in [0.15, 0.2) is 0 Å². The zero-order valence-corrected chi connectivity index (χ0v) is 11.6. The highest BCUT2D eigenvalue weighted by Gasteiger charge is 2.31. The summed E-state index contributed by atoms with van der Waals surface area (Å²) < 4.78 is 73.1. The Labute approximate surface area is 114 Å². The van der Waals surface area contributed by atoms with Crippen molar-refractivity contribution in [1.29, 1.82) is 0 Å². The van der Waals surface area contributed by atoms with Gasteiger partial charge in [-0.3, -0.25) is 0 Å². The summed E-state index contributed by atoms with van der Waals surface area (Å²) in [5.41, 5.74) is -1.24. The molecule has 0 bridgehead atoms. The predicted octanol–water partition coefficient (Wildman–Crippen LogP) is 3.08. The monoisotopic (exact) mass is 313 g/mol. The van der Waals surface area contributed by atoms with Crippen molar-refractivity contribution in [2.45, 2.75) is 19.5 Å². The largest absolute Gasteiger partial charge is 0.416 e. The highest BCUT2D eigenvalue weighted by atomic mass is 32.2. The maximum atomic E-state index is 13.3. The van der Waals surface area contributed by atoms with Crippen LogP contribution in [-0.4, -0.2) is 26.5 Å². The molecule has 20 heavy (non-hydrogen) atoms. The maximum absolute atomic E-state index is 13.3. The second-order valence-corrected chi connectivity index (χ2v) is 6.68. The van der Waals surface area contributed by atoms with Crippen LogP contribution in [0.4, 0.5) is 23.2 Å². The lowest BCUT2D eigenvalue weighted by molar-refractivity contribution is -0.137. The van der Waals surface area contributed by atoms with Gasteiger partial charge in [-0.15, -0.1) is 0 Å². The van der Waals surface area contributed by atoms with Gasteiger partial charge in [0.25, 0.3) is 0 Å². The molecule has 0 amide bonds. The first-order valence-corrected chi connectivity index (χ1v) is 7.79. The van der Waals surface area contributed by atoms with E-state index in [4.69, 9.17) is 0 Å². The highest BCUT2D eigenvalue weighted by Crippen LogP contribution is 2.31. The van der Waals surface area contributed by atoms with Crippen molar-refractivity contribution in [1.82, 2.24) is 0 Å². The Bertz CT molecular complexity index is 555. The summed E-state index contributed by atoms with van der Waals surface area (Å²) in [7, 11) is -3.13. The molecule has 0 saturated heterocycles. The van der Waals surface area contributed by atoms with Crippen LogP contribution < -0.4 is 5.32 Å². The first kappa shape index (κ1) is 16.7. The molecular formula is C12H15F4NO2S. The van der Waals surface area contributed by atoms with Gasteiger partial charge in [0, 0.05) is 12.3 Å². The van der Waals surface area contributed by atoms with Crippen LogP contribution in [0.15, 0.2) is 18.2 Å². The van der Waals surface area contributed by atoms with Gasteiger partial charge in [0.2, 0.25) is 0 Å². The van der Waals surface area contributed by atoms with E-state index in [1.54, 1.807) is 0 Å². The van der Waals surface area contributed by atoms with E-state index in [0.717, 1.165) is 6.07 Å². The Hall–Kier alpha value is -1.31. The fourth-order valence-electron chi connectivity index (χ4n) is 1.50. The number of nitrogens with one attached hydrogen (secondary N) is 1. The summed E-state index contributed by atoms with van der Waals surface area (Å²) >= 11 is 0. The third kappa shape index (κ3) is 4.99. The zero-order valence-electron chi connectivity index (χ0n) is 10.8. The van der Waals surface area contributed by atoms with Crippen molar-refractivity contribution in [3.05, 3.63) is 29.6 Å². The van der Waals surface area contributed by atoms with Crippen molar-refractivity contribution in [3.8, 4) is 0 Å². The van der Waals surface area contributed by atoms with Crippen LogP contribution in [-0.2, 0) is 16.0 Å². The second-order valence-electron chi connectivity index (χ2n) is 4.21. The van der Waals surface area contributed by atoms with Crippen LogP contribution in [0.3, 0.4) is 0 Å². The molecule has 0 unspecified atom stereocenters. The normalized spacial score (nSPS) is 12.4. The molecule has 1 aromatic carbocycles. The van der Waals surface area contributed by atoms with Crippen LogP contribution in [0.5, 0.6) is 0 Å². The number of hydrogen-bond acceptors (Lipinski definition) is 3. The Morgan fingerprint density at radius 3 is 2.45 bits per heavy atom. The number of alkyl halides is 3. The van der Waals surface area contributed by atoms with E-state index >= 15 is 0 Å². The molecule has 0 heterocycles. The molecule has 0 aliphatic carbocycles. The van der Waals surface area contributed by atoms with Crippen LogP contribution in [0, 0.1) is 5.82 Å². The Morgan fingerprint density at radius 2 is 1.90 bits per heavy atom. The van der Waals surface area contributed by atoms with E-state index in [1.807, 2.05) is 0 Å². The van der Waals surface area contributed by atoms with Crippen molar-refractivity contribution in [3.63, 3.8) is 0 Å². The smallest absolute Gasteiger partial charge is 0.383 e. The summed E-state index contributed by atoms with van der Waals surface area (Å²) in [6, 6.07) is 2.06. The topological polar surface area (TPSA) is 46.2 Å². The lowest BCUT2D eigenvalue weighted by Gasteiger charge is -2.11. The van der Waals surface area contributed by atoms with E-state index in [9.17, 15) is 26.0 Å². The third-order valence-corrected chi connectivity index (χ3v) is 4.47. The standard InChI is InChI=1S/C12H15F4NO2S/c1-2-20(18,19)7-3-6-17-11-8-9(12(14,15)16)4-5-10(11)13/h4-5,8,17H,2-3,6-7H2,1H3. The average Bonchev–Trinajstić information content (AvgIpc) is 2.35. The lowest BCUT2D eigenvalue weighted by atomic mass is 10.2. The molecule has 0 aliphatic heterocycles. The van der Waals surface area contributed by atoms with Gasteiger partial charge in [-0.05, 0) is 24.6 Å². The number of halogens is 4. The molecule has 0 spiro atoms. The average molecular weight is 313 g/mol. The SMILES string of the molecule is CCS(=O)(=O)CCCNc1cc(C(F)(F)F)ccc1F. The highest BCUT2D eigenvalue weighted by molar-refractivity contribution is 7.91. The third-order valence-electron chi connectivity index (χ3n) is 2.68. The van der Waals surface area contributed by atoms with Crippen molar-refractivity contribution < 1.29 is 26.0 Å². The number of sulfone groups is 1. The van der Waals surface area contributed by atoms with E-state index in [-0.39, 0.29) is 30.2 Å². The Kier molecular flexibility index (Phi) is 5.38. The summed E-state index contributed by atoms with van der Waals surface area (Å²) in [5, 5.41) is 2.48. The van der Waals surface area contributed by atoms with Crippen LogP contribution in [0.1, 0.15) is 18.9 Å². The maximum Gasteiger partial charge on any atom is 0.416 e. The number of anilines is 1. The first-order valence-electron chi connectivity index (χ1n) is 5.97. The summed E-state index contributed by atoms with van der Waals surface area (Å²) in [5.74, 6) is -0.890. The lowest BCUT2D eigenvalue weighted by Crippen LogP contribution is -2.14. The van der Waals surface area contributed by atoms with Gasteiger partial charge in [0.05, 0.1) is 17.0 Å². The molecule has 0 saturated carbocycles. The molecule has 1 N–H and O–H groups in total. The van der Waals surface area contributed by atoms with Gasteiger partial charge in [-0.25, -0.2) is 12.8 Å². The Balaban J connectivity index is 2.64. The second kappa shape index (κ2) is 6.43. The fourth-order valence-corrected chi connectivity index (χ4v) is 2.37. The molecule has 0 aliphatic rings. The van der Waals surface area contributed by atoms with Crippen molar-refractivity contribution >= 4 is 15.5 Å². The molecule has 114 valence electrons. The molecule has 0 radical (unpaired) electrons. The van der Waals surface area contributed by atoms with Crippen LogP contribution in [0.2, 0.25) is 0 Å². The van der Waals surface area contributed by atoms with E-state index < -0.39 is 27.4 Å². The quantitative estimate of drug-likeness (QED) is 0.648. The molecule has 1 aromatic rings. The van der Waals surface area contributed by atoms with Gasteiger partial charge >= 0.3 is 6.18 Å². The minimum Gasteiger partial charge on any atom is -0.383 e. The number of rotatable bonds is 6. The fraction of sp³-hybridized carbons (Fsp3) is 0.500. The zero-order chi connectivity index (χ0) is 15.4. The van der Waals surface area contributed by atoms with Gasteiger partial charge in [0.1, 0.15) is 15.7 Å². The van der Waals surface area contributed by atoms with Gasteiger partial charge < -0.3 is 5.32 Å².